The van der Waals surface area contributed by atoms with E-state index in [4.69, 9.17) is 0 Å². The molecule has 0 aromatic heterocycles. The second kappa shape index (κ2) is 24.1. The standard InChI is InChI=1S/C33H32.C24H16.C18H14.C10H10/c1-21-7-12-25(13-8-21)24(4)32(26-14-9-22(2)10-15-26)27-16-18-29-28-17-11-23(3)19-30(28)33(5,6)31(29)20-27;1-3-6-16-12-14-22-19-9-4-7-17-15(2)11-13-21(23(17)19)20-10-5-8-18(16)24(20)22;1-3-8-16-17-11-6-4-9-14(17)13(2)15-10-5-7-12-18(15)16;1-3-4-10-7-5-9(2)6-8-10/h7-20H,1-6H3;4-5,7-14H,1-2H3;4-7,9-12H,1-2H3;5-8H,1-2H3/b32-24-;;;. The third-order valence-corrected chi connectivity index (χ3v) is 17.2. The Morgan fingerprint density at radius 2 is 0.776 bits per heavy atom. The van der Waals surface area contributed by atoms with Crippen molar-refractivity contribution in [2.75, 3.05) is 0 Å². The molecule has 0 amide bonds. The zero-order valence-electron chi connectivity index (χ0n) is 51.3. The number of rotatable bonds is 3. The van der Waals surface area contributed by atoms with Gasteiger partial charge >= 0.3 is 0 Å². The molecule has 0 spiro atoms. The Labute approximate surface area is 504 Å². The number of hydrogen-bond acceptors (Lipinski definition) is 0. The predicted molar refractivity (Wildman–Crippen MR) is 370 cm³/mol. The fourth-order valence-electron chi connectivity index (χ4n) is 12.8. The average molecular weight is 1090 g/mol. The minimum atomic E-state index is -0.0111. The third-order valence-electron chi connectivity index (χ3n) is 17.2. The summed E-state index contributed by atoms with van der Waals surface area (Å²) in [5.74, 6) is 18.5. The lowest BCUT2D eigenvalue weighted by Crippen LogP contribution is -2.15. The van der Waals surface area contributed by atoms with E-state index in [2.05, 4.69) is 304 Å². The normalized spacial score (nSPS) is 12.0. The van der Waals surface area contributed by atoms with Crippen LogP contribution in [0, 0.1) is 77.1 Å². The first-order chi connectivity index (χ1) is 41.2. The number of allylic oxidation sites excluding steroid dienone is 1. The van der Waals surface area contributed by atoms with E-state index < -0.39 is 0 Å². The highest BCUT2D eigenvalue weighted by Crippen LogP contribution is 2.50. The molecule has 0 aliphatic heterocycles. The van der Waals surface area contributed by atoms with Crippen LogP contribution in [0.5, 0.6) is 0 Å². The first-order valence-corrected chi connectivity index (χ1v) is 29.7. The van der Waals surface area contributed by atoms with Crippen molar-refractivity contribution in [1.29, 1.82) is 0 Å². The average Bonchev–Trinajstić information content (AvgIpc) is 1.88. The highest BCUT2D eigenvalue weighted by atomic mass is 14.4. The van der Waals surface area contributed by atoms with Gasteiger partial charge in [0.1, 0.15) is 0 Å². The van der Waals surface area contributed by atoms with Gasteiger partial charge in [-0.15, -0.1) is 17.8 Å². The summed E-state index contributed by atoms with van der Waals surface area (Å²) in [4.78, 5) is 0. The minimum absolute atomic E-state index is 0.0111. The van der Waals surface area contributed by atoms with Crippen LogP contribution in [0.25, 0.3) is 86.9 Å². The van der Waals surface area contributed by atoms with Crippen LogP contribution in [-0.2, 0) is 5.41 Å². The summed E-state index contributed by atoms with van der Waals surface area (Å²) in [6, 6.07) is 79.2. The molecule has 13 aromatic rings. The summed E-state index contributed by atoms with van der Waals surface area (Å²) in [6.07, 6.45) is 0. The molecule has 0 heteroatoms. The van der Waals surface area contributed by atoms with Crippen LogP contribution in [0.2, 0.25) is 0 Å². The molecule has 13 aromatic carbocycles. The van der Waals surface area contributed by atoms with Crippen LogP contribution >= 0.6 is 0 Å². The quantitative estimate of drug-likeness (QED) is 0.0716. The summed E-state index contributed by atoms with van der Waals surface area (Å²) in [6.45, 7) is 25.6. The van der Waals surface area contributed by atoms with Gasteiger partial charge in [0.05, 0.1) is 0 Å². The van der Waals surface area contributed by atoms with Crippen molar-refractivity contribution in [2.45, 2.75) is 88.5 Å². The summed E-state index contributed by atoms with van der Waals surface area (Å²) >= 11 is 0. The summed E-state index contributed by atoms with van der Waals surface area (Å²) in [7, 11) is 0. The predicted octanol–water partition coefficient (Wildman–Crippen LogP) is 22.4. The van der Waals surface area contributed by atoms with Crippen molar-refractivity contribution in [2.24, 2.45) is 0 Å². The van der Waals surface area contributed by atoms with E-state index in [0.29, 0.717) is 0 Å². The van der Waals surface area contributed by atoms with E-state index in [0.717, 1.165) is 16.7 Å². The van der Waals surface area contributed by atoms with Crippen LogP contribution in [0.15, 0.2) is 218 Å². The molecule has 412 valence electrons. The molecular weight excluding hydrogens is 1020 g/mol. The number of fused-ring (bicyclic) bond motifs is 7. The molecule has 85 heavy (non-hydrogen) atoms. The van der Waals surface area contributed by atoms with Crippen molar-refractivity contribution >= 4 is 75.8 Å². The van der Waals surface area contributed by atoms with Gasteiger partial charge in [0, 0.05) is 22.1 Å². The highest BCUT2D eigenvalue weighted by molar-refractivity contribution is 6.33. The highest BCUT2D eigenvalue weighted by Gasteiger charge is 2.36. The number of benzene rings is 13. The Morgan fingerprint density at radius 1 is 0.341 bits per heavy atom. The molecule has 0 heterocycles. The van der Waals surface area contributed by atoms with Crippen LogP contribution < -0.4 is 0 Å². The molecule has 1 aliphatic rings. The van der Waals surface area contributed by atoms with E-state index in [1.165, 1.54) is 148 Å². The van der Waals surface area contributed by atoms with Gasteiger partial charge in [-0.25, -0.2) is 0 Å². The maximum absolute atomic E-state index is 3.27. The second-order valence-electron chi connectivity index (χ2n) is 23.3. The van der Waals surface area contributed by atoms with Crippen molar-refractivity contribution in [3.05, 3.63) is 296 Å². The number of hydrogen-bond donors (Lipinski definition) is 0. The monoisotopic (exact) mass is 1090 g/mol. The van der Waals surface area contributed by atoms with E-state index in [-0.39, 0.29) is 5.41 Å². The molecule has 0 N–H and O–H groups in total. The smallest absolute Gasteiger partial charge is 0.0402 e. The topological polar surface area (TPSA) is 0 Å². The Kier molecular flexibility index (Phi) is 16.2. The summed E-state index contributed by atoms with van der Waals surface area (Å²) in [5, 5.41) is 15.8. The largest absolute Gasteiger partial charge is 0.101 e. The SMILES string of the molecule is C/C(=C(\c1ccc(C)cc1)c1ccc2c(c1)C(C)(C)c1cc(C)ccc1-2)c1ccc(C)cc1.CC#Cc1c2ccccc2c(C)c2ccccc12.CC#Cc1ccc(C)cc1.CC#Cc1ccc2c3cccc4c(C)ccc(c5cccc1c52)c43. The zero-order valence-corrected chi connectivity index (χ0v) is 51.3. The van der Waals surface area contributed by atoms with Crippen molar-refractivity contribution in [1.82, 2.24) is 0 Å². The van der Waals surface area contributed by atoms with Gasteiger partial charge < -0.3 is 0 Å². The van der Waals surface area contributed by atoms with Gasteiger partial charge in [-0.2, -0.15) is 0 Å². The molecule has 1 aliphatic carbocycles. The first kappa shape index (κ1) is 56.9. The lowest BCUT2D eigenvalue weighted by molar-refractivity contribution is 0.659. The molecule has 0 unspecified atom stereocenters. The van der Waals surface area contributed by atoms with Gasteiger partial charge in [0.2, 0.25) is 0 Å². The van der Waals surface area contributed by atoms with Gasteiger partial charge in [0.15, 0.2) is 0 Å². The lowest BCUT2D eigenvalue weighted by atomic mass is 9.80. The van der Waals surface area contributed by atoms with Crippen LogP contribution in [-0.4, -0.2) is 0 Å². The fraction of sp³-hybridized carbons (Fsp3) is 0.153. The summed E-state index contributed by atoms with van der Waals surface area (Å²) in [5.41, 5.74) is 23.2. The van der Waals surface area contributed by atoms with Gasteiger partial charge in [-0.1, -0.05) is 248 Å². The van der Waals surface area contributed by atoms with E-state index in [1.54, 1.807) is 0 Å². The van der Waals surface area contributed by atoms with Crippen molar-refractivity contribution in [3.63, 3.8) is 0 Å². The van der Waals surface area contributed by atoms with E-state index in [9.17, 15) is 0 Å². The van der Waals surface area contributed by atoms with E-state index >= 15 is 0 Å². The Bertz CT molecular complexity index is 4850. The minimum Gasteiger partial charge on any atom is -0.101 e. The number of aryl methyl sites for hydroxylation is 6. The molecule has 0 radical (unpaired) electrons. The Hall–Kier alpha value is -9.90. The van der Waals surface area contributed by atoms with Crippen LogP contribution in [0.4, 0.5) is 0 Å². The maximum atomic E-state index is 3.27. The second-order valence-corrected chi connectivity index (χ2v) is 23.3. The lowest BCUT2D eigenvalue weighted by Gasteiger charge is -2.23. The molecule has 0 bridgehead atoms. The van der Waals surface area contributed by atoms with E-state index in [1.807, 2.05) is 32.9 Å². The molecule has 0 saturated carbocycles. The molecule has 0 fully saturated rings. The molecular formula is C85H72. The van der Waals surface area contributed by atoms with Crippen molar-refractivity contribution in [3.8, 4) is 46.6 Å². The molecule has 0 saturated heterocycles. The fourth-order valence-corrected chi connectivity index (χ4v) is 12.8. The third kappa shape index (κ3) is 11.0. The molecule has 0 atom stereocenters. The van der Waals surface area contributed by atoms with Crippen LogP contribution in [0.3, 0.4) is 0 Å². The van der Waals surface area contributed by atoms with Crippen LogP contribution in [0.1, 0.15) is 119 Å². The summed E-state index contributed by atoms with van der Waals surface area (Å²) < 4.78 is 0. The molecule has 0 nitrogen and oxygen atoms in total. The molecule has 14 rings (SSSR count). The Balaban J connectivity index is 0.000000127. The van der Waals surface area contributed by atoms with Gasteiger partial charge in [-0.3, -0.25) is 0 Å². The maximum Gasteiger partial charge on any atom is 0.0402 e. The van der Waals surface area contributed by atoms with Gasteiger partial charge in [0.25, 0.3) is 0 Å². The first-order valence-electron chi connectivity index (χ1n) is 29.7. The van der Waals surface area contributed by atoms with Gasteiger partial charge in [-0.05, 0) is 219 Å². The van der Waals surface area contributed by atoms with Crippen molar-refractivity contribution < 1.29 is 0 Å². The Morgan fingerprint density at radius 3 is 1.35 bits per heavy atom. The zero-order chi connectivity index (χ0) is 59.5.